The Balaban J connectivity index is 1.99. The number of piperazine rings is 1. The van der Waals surface area contributed by atoms with Crippen molar-refractivity contribution < 1.29 is 0 Å². The van der Waals surface area contributed by atoms with E-state index in [9.17, 15) is 0 Å². The van der Waals surface area contributed by atoms with E-state index in [1.165, 1.54) is 5.39 Å². The standard InChI is InChI=1S/C14H17N3/c1-11-10-15-8-9-17(11)14-7-6-12-4-2-3-5-13(12)16-14/h2-7,11,15H,8-10H2,1H3. The van der Waals surface area contributed by atoms with Gasteiger partial charge in [0.1, 0.15) is 5.82 Å². The summed E-state index contributed by atoms with van der Waals surface area (Å²) in [5.74, 6) is 1.10. The van der Waals surface area contributed by atoms with Crippen LogP contribution in [0.5, 0.6) is 0 Å². The number of pyridine rings is 1. The van der Waals surface area contributed by atoms with Crippen LogP contribution in [0.15, 0.2) is 36.4 Å². The highest BCUT2D eigenvalue weighted by atomic mass is 15.3. The summed E-state index contributed by atoms with van der Waals surface area (Å²) in [6.07, 6.45) is 0. The minimum absolute atomic E-state index is 0.511. The number of para-hydroxylation sites is 1. The molecule has 1 unspecified atom stereocenters. The van der Waals surface area contributed by atoms with Crippen molar-refractivity contribution in [2.75, 3.05) is 24.5 Å². The van der Waals surface area contributed by atoms with Crippen LogP contribution in [-0.4, -0.2) is 30.7 Å². The average molecular weight is 227 g/mol. The van der Waals surface area contributed by atoms with Gasteiger partial charge in [-0.3, -0.25) is 0 Å². The van der Waals surface area contributed by atoms with E-state index < -0.39 is 0 Å². The zero-order valence-electron chi connectivity index (χ0n) is 10.1. The number of anilines is 1. The molecule has 1 aliphatic rings. The highest BCUT2D eigenvalue weighted by molar-refractivity contribution is 5.80. The van der Waals surface area contributed by atoms with Crippen molar-refractivity contribution in [3.63, 3.8) is 0 Å². The minimum atomic E-state index is 0.511. The van der Waals surface area contributed by atoms with Gasteiger partial charge in [-0.15, -0.1) is 0 Å². The molecule has 2 heterocycles. The number of nitrogens with zero attached hydrogens (tertiary/aromatic N) is 2. The van der Waals surface area contributed by atoms with E-state index in [2.05, 4.69) is 47.5 Å². The van der Waals surface area contributed by atoms with E-state index in [-0.39, 0.29) is 0 Å². The third-order valence-corrected chi connectivity index (χ3v) is 3.38. The highest BCUT2D eigenvalue weighted by Gasteiger charge is 2.19. The Morgan fingerprint density at radius 3 is 3.00 bits per heavy atom. The lowest BCUT2D eigenvalue weighted by molar-refractivity contribution is 0.497. The first-order valence-electron chi connectivity index (χ1n) is 6.18. The second-order valence-corrected chi connectivity index (χ2v) is 4.61. The fourth-order valence-electron chi connectivity index (χ4n) is 2.40. The van der Waals surface area contributed by atoms with Crippen molar-refractivity contribution in [3.05, 3.63) is 36.4 Å². The summed E-state index contributed by atoms with van der Waals surface area (Å²) < 4.78 is 0. The maximum absolute atomic E-state index is 4.75. The molecule has 1 N–H and O–H groups in total. The van der Waals surface area contributed by atoms with Crippen molar-refractivity contribution in [2.45, 2.75) is 13.0 Å². The molecule has 0 saturated carbocycles. The van der Waals surface area contributed by atoms with E-state index in [4.69, 9.17) is 4.98 Å². The molecule has 1 aliphatic heterocycles. The van der Waals surface area contributed by atoms with Gasteiger partial charge in [0, 0.05) is 31.1 Å². The van der Waals surface area contributed by atoms with Crippen LogP contribution in [0, 0.1) is 0 Å². The third-order valence-electron chi connectivity index (χ3n) is 3.38. The summed E-state index contributed by atoms with van der Waals surface area (Å²) in [5.41, 5.74) is 1.08. The predicted octanol–water partition coefficient (Wildman–Crippen LogP) is 2.03. The van der Waals surface area contributed by atoms with Gasteiger partial charge in [0.05, 0.1) is 5.52 Å². The van der Waals surface area contributed by atoms with Gasteiger partial charge >= 0.3 is 0 Å². The zero-order valence-corrected chi connectivity index (χ0v) is 10.1. The number of hydrogen-bond donors (Lipinski definition) is 1. The van der Waals surface area contributed by atoms with Crippen molar-refractivity contribution in [1.29, 1.82) is 0 Å². The molecule has 1 saturated heterocycles. The molecule has 17 heavy (non-hydrogen) atoms. The molecule has 1 atom stereocenters. The summed E-state index contributed by atoms with van der Waals surface area (Å²) in [6.45, 7) is 5.35. The van der Waals surface area contributed by atoms with Crippen LogP contribution < -0.4 is 10.2 Å². The SMILES string of the molecule is CC1CNCCN1c1ccc2ccccc2n1. The van der Waals surface area contributed by atoms with Crippen LogP contribution in [0.25, 0.3) is 10.9 Å². The molecule has 2 aromatic rings. The van der Waals surface area contributed by atoms with Crippen LogP contribution in [-0.2, 0) is 0 Å². The Labute approximate surface area is 101 Å². The minimum Gasteiger partial charge on any atom is -0.351 e. The van der Waals surface area contributed by atoms with Gasteiger partial charge < -0.3 is 10.2 Å². The maximum atomic E-state index is 4.75. The van der Waals surface area contributed by atoms with Crippen molar-refractivity contribution >= 4 is 16.7 Å². The second-order valence-electron chi connectivity index (χ2n) is 4.61. The molecule has 0 bridgehead atoms. The van der Waals surface area contributed by atoms with Crippen molar-refractivity contribution in [1.82, 2.24) is 10.3 Å². The van der Waals surface area contributed by atoms with Gasteiger partial charge in [-0.2, -0.15) is 0 Å². The van der Waals surface area contributed by atoms with Gasteiger partial charge in [0.25, 0.3) is 0 Å². The van der Waals surface area contributed by atoms with Crippen LogP contribution in [0.1, 0.15) is 6.92 Å². The van der Waals surface area contributed by atoms with Crippen LogP contribution in [0.4, 0.5) is 5.82 Å². The fraction of sp³-hybridized carbons (Fsp3) is 0.357. The van der Waals surface area contributed by atoms with Gasteiger partial charge in [-0.1, -0.05) is 18.2 Å². The Hall–Kier alpha value is -1.61. The van der Waals surface area contributed by atoms with Gasteiger partial charge in [-0.05, 0) is 25.1 Å². The number of fused-ring (bicyclic) bond motifs is 1. The number of rotatable bonds is 1. The van der Waals surface area contributed by atoms with Crippen molar-refractivity contribution in [2.24, 2.45) is 0 Å². The Morgan fingerprint density at radius 2 is 2.12 bits per heavy atom. The average Bonchev–Trinajstić information content (AvgIpc) is 2.39. The highest BCUT2D eigenvalue weighted by Crippen LogP contribution is 2.20. The molecule has 0 amide bonds. The van der Waals surface area contributed by atoms with E-state index >= 15 is 0 Å². The summed E-state index contributed by atoms with van der Waals surface area (Å²) >= 11 is 0. The van der Waals surface area contributed by atoms with E-state index in [0.717, 1.165) is 31.0 Å². The first-order chi connectivity index (χ1) is 8.34. The van der Waals surface area contributed by atoms with Crippen LogP contribution in [0.3, 0.4) is 0 Å². The molecular weight excluding hydrogens is 210 g/mol. The molecule has 3 rings (SSSR count). The molecule has 88 valence electrons. The molecule has 1 fully saturated rings. The van der Waals surface area contributed by atoms with Gasteiger partial charge in [0.15, 0.2) is 0 Å². The largest absolute Gasteiger partial charge is 0.351 e. The molecule has 1 aromatic carbocycles. The van der Waals surface area contributed by atoms with E-state index in [1.54, 1.807) is 0 Å². The van der Waals surface area contributed by atoms with E-state index in [1.807, 2.05) is 6.07 Å². The second kappa shape index (κ2) is 4.34. The monoisotopic (exact) mass is 227 g/mol. The molecule has 0 spiro atoms. The number of benzene rings is 1. The topological polar surface area (TPSA) is 28.2 Å². The number of aromatic nitrogens is 1. The van der Waals surface area contributed by atoms with Crippen LogP contribution in [0.2, 0.25) is 0 Å². The first-order valence-corrected chi connectivity index (χ1v) is 6.18. The Kier molecular flexibility index (Phi) is 2.69. The zero-order chi connectivity index (χ0) is 11.7. The first kappa shape index (κ1) is 10.5. The maximum Gasteiger partial charge on any atom is 0.129 e. The molecule has 0 aliphatic carbocycles. The Bertz CT molecular complexity index is 524. The normalized spacial score (nSPS) is 20.8. The Morgan fingerprint density at radius 1 is 1.24 bits per heavy atom. The fourth-order valence-corrected chi connectivity index (χ4v) is 2.40. The summed E-state index contributed by atoms with van der Waals surface area (Å²) in [4.78, 5) is 7.13. The lowest BCUT2D eigenvalue weighted by Crippen LogP contribution is -2.50. The molecule has 3 nitrogen and oxygen atoms in total. The summed E-state index contributed by atoms with van der Waals surface area (Å²) in [7, 11) is 0. The van der Waals surface area contributed by atoms with Gasteiger partial charge in [0.2, 0.25) is 0 Å². The molecule has 1 aromatic heterocycles. The lowest BCUT2D eigenvalue weighted by Gasteiger charge is -2.35. The lowest BCUT2D eigenvalue weighted by atomic mass is 10.2. The van der Waals surface area contributed by atoms with Crippen LogP contribution >= 0.6 is 0 Å². The smallest absolute Gasteiger partial charge is 0.129 e. The number of nitrogens with one attached hydrogen (secondary N) is 1. The number of hydrogen-bond acceptors (Lipinski definition) is 3. The van der Waals surface area contributed by atoms with Crippen molar-refractivity contribution in [3.8, 4) is 0 Å². The third kappa shape index (κ3) is 1.98. The summed E-state index contributed by atoms with van der Waals surface area (Å²) in [5, 5.41) is 4.61. The van der Waals surface area contributed by atoms with Gasteiger partial charge in [-0.25, -0.2) is 4.98 Å². The predicted molar refractivity (Wildman–Crippen MR) is 71.4 cm³/mol. The molecule has 3 heteroatoms. The molecule has 0 radical (unpaired) electrons. The quantitative estimate of drug-likeness (QED) is 0.808. The summed E-state index contributed by atoms with van der Waals surface area (Å²) in [6, 6.07) is 13.1. The van der Waals surface area contributed by atoms with E-state index in [0.29, 0.717) is 6.04 Å². The molecular formula is C14H17N3.